The molecule has 1 aromatic carbocycles. The van der Waals surface area contributed by atoms with Crippen molar-refractivity contribution >= 4 is 24.6 Å². The first-order valence-corrected chi connectivity index (χ1v) is 13.5. The number of para-hydroxylation sites is 1. The van der Waals surface area contributed by atoms with E-state index in [2.05, 4.69) is 20.0 Å². The fraction of sp³-hybridized carbons (Fsp3) is 0.409. The van der Waals surface area contributed by atoms with Crippen molar-refractivity contribution in [1.29, 1.82) is 0 Å². The molecule has 1 aliphatic rings. The van der Waals surface area contributed by atoms with Crippen molar-refractivity contribution < 1.29 is 29.0 Å². The molecule has 1 unspecified atom stereocenters. The van der Waals surface area contributed by atoms with Crippen LogP contribution in [-0.2, 0) is 20.5 Å². The SMILES string of the molecule is Cc1cn([C@H]2C[C@H](N=[N+]=[N-])[C@@H](C(O)N(C)N(C(=O)[C@@H](N)Cc3c[nH]c4ccccc34)P(=O)(O)O)O2)c(=O)[nH]c1=O. The Labute approximate surface area is 225 Å². The van der Waals surface area contributed by atoms with E-state index in [-0.39, 0.29) is 23.2 Å². The number of fused-ring (bicyclic) bond motifs is 1. The van der Waals surface area contributed by atoms with Gasteiger partial charge in [0, 0.05) is 47.2 Å². The number of nitrogens with zero attached hydrogens (tertiary/aromatic N) is 6. The summed E-state index contributed by atoms with van der Waals surface area (Å²) >= 11 is 0. The summed E-state index contributed by atoms with van der Waals surface area (Å²) in [6.07, 6.45) is -1.86. The van der Waals surface area contributed by atoms with Crippen molar-refractivity contribution in [3.05, 3.63) is 79.1 Å². The number of rotatable bonds is 9. The molecule has 3 heterocycles. The lowest BCUT2D eigenvalue weighted by Gasteiger charge is -2.38. The summed E-state index contributed by atoms with van der Waals surface area (Å²) in [5.74, 6) is -1.19. The molecule has 1 fully saturated rings. The third-order valence-electron chi connectivity index (χ3n) is 6.64. The Bertz CT molecular complexity index is 1620. The fourth-order valence-electron chi connectivity index (χ4n) is 4.66. The lowest BCUT2D eigenvalue weighted by atomic mass is 10.1. The van der Waals surface area contributed by atoms with Crippen LogP contribution in [0, 0.1) is 6.92 Å². The normalized spacial score (nSPS) is 20.8. The number of hydrazine groups is 1. The number of aromatic nitrogens is 3. The quantitative estimate of drug-likeness (QED) is 0.0493. The highest BCUT2D eigenvalue weighted by Crippen LogP contribution is 2.43. The molecule has 0 saturated carbocycles. The van der Waals surface area contributed by atoms with Gasteiger partial charge in [0.15, 0.2) is 6.23 Å². The van der Waals surface area contributed by atoms with Gasteiger partial charge in [-0.25, -0.2) is 9.36 Å². The average molecular weight is 577 g/mol. The Kier molecular flexibility index (Phi) is 8.30. The smallest absolute Gasteiger partial charge is 0.374 e. The number of ether oxygens (including phenoxy) is 1. The van der Waals surface area contributed by atoms with Crippen LogP contribution in [0.15, 0.2) is 51.4 Å². The number of carbonyl (C=O) groups excluding carboxylic acids is 1. The third kappa shape index (κ3) is 5.72. The van der Waals surface area contributed by atoms with Crippen molar-refractivity contribution in [2.24, 2.45) is 10.8 Å². The number of carbonyl (C=O) groups is 1. The first kappa shape index (κ1) is 29.2. The fourth-order valence-corrected chi connectivity index (χ4v) is 5.54. The molecule has 2 aromatic heterocycles. The van der Waals surface area contributed by atoms with Crippen LogP contribution in [0.4, 0.5) is 0 Å². The van der Waals surface area contributed by atoms with Crippen LogP contribution in [-0.4, -0.2) is 76.6 Å². The number of aliphatic hydroxyl groups excluding tert-OH is 1. The van der Waals surface area contributed by atoms with Gasteiger partial charge in [-0.3, -0.25) is 19.1 Å². The molecule has 3 aromatic rings. The number of aryl methyl sites for hydroxylation is 1. The van der Waals surface area contributed by atoms with Crippen LogP contribution in [0.2, 0.25) is 0 Å². The number of nitrogens with one attached hydrogen (secondary N) is 2. The number of azide groups is 1. The number of likely N-dealkylation sites (N-methyl/N-ethyl adjacent to an activating group) is 1. The van der Waals surface area contributed by atoms with E-state index in [1.165, 1.54) is 13.1 Å². The van der Waals surface area contributed by atoms with Gasteiger partial charge in [0.05, 0.1) is 12.1 Å². The first-order chi connectivity index (χ1) is 18.8. The number of benzene rings is 1. The Morgan fingerprint density at radius 2 is 2.08 bits per heavy atom. The second-order valence-electron chi connectivity index (χ2n) is 9.34. The van der Waals surface area contributed by atoms with Gasteiger partial charge in [-0.15, -0.1) is 0 Å². The molecule has 40 heavy (non-hydrogen) atoms. The van der Waals surface area contributed by atoms with Crippen LogP contribution >= 0.6 is 7.75 Å². The zero-order valence-electron chi connectivity index (χ0n) is 21.4. The average Bonchev–Trinajstić information content (AvgIpc) is 3.49. The predicted molar refractivity (Wildman–Crippen MR) is 140 cm³/mol. The number of hydrogen-bond acceptors (Lipinski definition) is 9. The third-order valence-corrected chi connectivity index (χ3v) is 7.62. The van der Waals surface area contributed by atoms with E-state index in [0.29, 0.717) is 10.6 Å². The zero-order chi connectivity index (χ0) is 29.4. The van der Waals surface area contributed by atoms with E-state index in [0.717, 1.165) is 22.5 Å². The summed E-state index contributed by atoms with van der Waals surface area (Å²) in [5.41, 5.74) is 15.3. The van der Waals surface area contributed by atoms with Crippen molar-refractivity contribution in [3.8, 4) is 0 Å². The second kappa shape index (κ2) is 11.4. The molecular weight excluding hydrogens is 549 g/mol. The molecule has 4 rings (SSSR count). The number of hydrogen-bond donors (Lipinski definition) is 6. The molecule has 1 amide bonds. The van der Waals surface area contributed by atoms with Crippen LogP contribution in [0.3, 0.4) is 0 Å². The lowest BCUT2D eigenvalue weighted by Crippen LogP contribution is -2.57. The van der Waals surface area contributed by atoms with Crippen molar-refractivity contribution in [2.45, 2.75) is 50.4 Å². The molecule has 0 aliphatic carbocycles. The number of nitrogens with two attached hydrogens (primary N) is 1. The Balaban J connectivity index is 1.59. The summed E-state index contributed by atoms with van der Waals surface area (Å²) in [4.78, 5) is 65.3. The second-order valence-corrected chi connectivity index (χ2v) is 10.7. The van der Waals surface area contributed by atoms with E-state index < -0.39 is 55.5 Å². The summed E-state index contributed by atoms with van der Waals surface area (Å²) in [6, 6.07) is 4.67. The largest absolute Gasteiger partial charge is 0.447 e. The summed E-state index contributed by atoms with van der Waals surface area (Å²) < 4.78 is 19.3. The highest BCUT2D eigenvalue weighted by atomic mass is 31.2. The molecule has 0 radical (unpaired) electrons. The van der Waals surface area contributed by atoms with Gasteiger partial charge in [-0.1, -0.05) is 23.3 Å². The minimum Gasteiger partial charge on any atom is -0.374 e. The maximum Gasteiger partial charge on any atom is 0.447 e. The van der Waals surface area contributed by atoms with Gasteiger partial charge in [0.1, 0.15) is 12.3 Å². The van der Waals surface area contributed by atoms with E-state index in [1.807, 2.05) is 12.1 Å². The first-order valence-electron chi connectivity index (χ1n) is 12.0. The van der Waals surface area contributed by atoms with Gasteiger partial charge < -0.3 is 30.3 Å². The maximum atomic E-state index is 13.3. The molecule has 1 saturated heterocycles. The van der Waals surface area contributed by atoms with Crippen molar-refractivity contribution in [2.75, 3.05) is 7.05 Å². The topological polar surface area (TPSA) is 256 Å². The Hall–Kier alpha value is -3.79. The highest BCUT2D eigenvalue weighted by molar-refractivity contribution is 7.49. The Morgan fingerprint density at radius 3 is 2.75 bits per heavy atom. The number of H-pyrrole nitrogens is 2. The number of aromatic amines is 2. The number of amides is 1. The minimum absolute atomic E-state index is 0.0390. The van der Waals surface area contributed by atoms with E-state index in [1.54, 1.807) is 18.3 Å². The lowest BCUT2D eigenvalue weighted by molar-refractivity contribution is -0.177. The molecule has 18 heteroatoms. The summed E-state index contributed by atoms with van der Waals surface area (Å²) in [7, 11) is -4.37. The summed E-state index contributed by atoms with van der Waals surface area (Å²) in [6.45, 7) is 1.46. The predicted octanol–water partition coefficient (Wildman–Crippen LogP) is -0.0508. The minimum atomic E-state index is -5.39. The molecule has 0 spiro atoms. The molecule has 5 atom stereocenters. The molecule has 17 nitrogen and oxygen atoms in total. The Morgan fingerprint density at radius 1 is 1.38 bits per heavy atom. The van der Waals surface area contributed by atoms with Crippen LogP contribution in [0.5, 0.6) is 0 Å². The van der Waals surface area contributed by atoms with Gasteiger partial charge in [0.2, 0.25) is 0 Å². The maximum absolute atomic E-state index is 13.3. The molecule has 0 bridgehead atoms. The van der Waals surface area contributed by atoms with Gasteiger partial charge in [-0.2, -0.15) is 9.79 Å². The van der Waals surface area contributed by atoms with Crippen molar-refractivity contribution in [1.82, 2.24) is 24.3 Å². The van der Waals surface area contributed by atoms with Gasteiger partial charge >= 0.3 is 13.4 Å². The standard InChI is InChI=1S/C22H28N9O8P/c1-11-10-30(22(35)26-19(11)32)17-8-16(27-28-24)18(39-17)21(34)29(2)31(40(36,37)38)20(33)14(23)7-12-9-25-15-6-4-3-5-13(12)15/h3-6,9-10,14,16-18,21,25,34H,7-8,23H2,1-2H3,(H,26,32,35)(H2,36,37,38)/t14-,16-,17+,18-,21?/m0/s1. The van der Waals surface area contributed by atoms with E-state index in [4.69, 9.17) is 16.0 Å². The number of aliphatic hydroxyl groups is 1. The molecule has 7 N–H and O–H groups in total. The van der Waals surface area contributed by atoms with Gasteiger partial charge in [-0.05, 0) is 30.5 Å². The van der Waals surface area contributed by atoms with E-state index in [9.17, 15) is 33.8 Å². The van der Waals surface area contributed by atoms with Gasteiger partial charge in [0.25, 0.3) is 11.5 Å². The van der Waals surface area contributed by atoms with Crippen LogP contribution in [0.25, 0.3) is 21.3 Å². The monoisotopic (exact) mass is 577 g/mol. The van der Waals surface area contributed by atoms with Crippen LogP contribution in [0.1, 0.15) is 23.8 Å². The summed E-state index contributed by atoms with van der Waals surface area (Å²) in [5, 5.41) is 16.0. The zero-order valence-corrected chi connectivity index (χ0v) is 22.3. The molecule has 214 valence electrons. The van der Waals surface area contributed by atoms with Crippen LogP contribution < -0.4 is 17.0 Å². The van der Waals surface area contributed by atoms with Crippen molar-refractivity contribution in [3.63, 3.8) is 0 Å². The van der Waals surface area contributed by atoms with E-state index >= 15 is 0 Å². The molecular formula is C22H28N9O8P. The highest BCUT2D eigenvalue weighted by Gasteiger charge is 2.47. The molecule has 1 aliphatic heterocycles.